The minimum atomic E-state index is -0.0841. The molecular weight excluding hydrogens is 436 g/mol. The van der Waals surface area contributed by atoms with Gasteiger partial charge in [0.1, 0.15) is 0 Å². The summed E-state index contributed by atoms with van der Waals surface area (Å²) in [5.41, 5.74) is 7.08. The van der Waals surface area contributed by atoms with Gasteiger partial charge in [0.25, 0.3) is 0 Å². The molecule has 0 spiro atoms. The van der Waals surface area contributed by atoms with Gasteiger partial charge in [-0.2, -0.15) is 0 Å². The Balaban J connectivity index is 1.71. The fraction of sp³-hybridized carbons (Fsp3) is 0.448. The predicted molar refractivity (Wildman–Crippen MR) is 144 cm³/mol. The topological polar surface area (TPSA) is 64.7 Å². The van der Waals surface area contributed by atoms with Gasteiger partial charge in [-0.1, -0.05) is 57.2 Å². The maximum atomic E-state index is 13.3. The predicted octanol–water partition coefficient (Wildman–Crippen LogP) is 3.62. The third kappa shape index (κ3) is 7.69. The summed E-state index contributed by atoms with van der Waals surface area (Å²) in [6.45, 7) is 9.84. The number of nitrogens with one attached hydrogen (secondary N) is 2. The number of rotatable bonds is 11. The van der Waals surface area contributed by atoms with Crippen molar-refractivity contribution in [2.24, 2.45) is 0 Å². The number of aryl methyl sites for hydroxylation is 2. The van der Waals surface area contributed by atoms with Crippen LogP contribution in [0.4, 0.5) is 5.69 Å². The third-order valence-electron chi connectivity index (χ3n) is 6.35. The highest BCUT2D eigenvalue weighted by atomic mass is 16.2. The minimum absolute atomic E-state index is 0.0358. The molecule has 188 valence electrons. The van der Waals surface area contributed by atoms with Crippen LogP contribution in [-0.2, 0) is 28.9 Å². The van der Waals surface area contributed by atoms with Gasteiger partial charge in [-0.15, -0.1) is 0 Å². The first-order valence-electron chi connectivity index (χ1n) is 12.6. The van der Waals surface area contributed by atoms with Crippen LogP contribution in [0.2, 0.25) is 0 Å². The summed E-state index contributed by atoms with van der Waals surface area (Å²) in [6, 6.07) is 15.0. The summed E-state index contributed by atoms with van der Waals surface area (Å²) >= 11 is 0. The molecule has 0 bridgehead atoms. The van der Waals surface area contributed by atoms with Crippen LogP contribution in [0.25, 0.3) is 0 Å². The number of likely N-dealkylation sites (N-methyl/N-ethyl adjacent to an activating group) is 1. The third-order valence-corrected chi connectivity index (χ3v) is 6.35. The van der Waals surface area contributed by atoms with Crippen LogP contribution >= 0.6 is 0 Å². The van der Waals surface area contributed by atoms with E-state index < -0.39 is 0 Å². The second-order valence-corrected chi connectivity index (χ2v) is 9.71. The first-order valence-corrected chi connectivity index (χ1v) is 12.6. The Morgan fingerprint density at radius 1 is 1.03 bits per heavy atom. The molecule has 0 aromatic heterocycles. The molecule has 0 atom stereocenters. The molecule has 2 aromatic rings. The smallest absolute Gasteiger partial charge is 0.245 e. The van der Waals surface area contributed by atoms with Gasteiger partial charge in [-0.05, 0) is 60.1 Å². The number of anilines is 1. The molecule has 0 radical (unpaired) electrons. The van der Waals surface area contributed by atoms with Gasteiger partial charge in [-0.3, -0.25) is 9.59 Å². The summed E-state index contributed by atoms with van der Waals surface area (Å²) in [5.74, 6) is -0.120. The van der Waals surface area contributed by atoms with Crippen molar-refractivity contribution in [1.82, 2.24) is 15.5 Å². The molecule has 3 rings (SSSR count). The fourth-order valence-corrected chi connectivity index (χ4v) is 4.45. The lowest BCUT2D eigenvalue weighted by Gasteiger charge is -2.28. The molecule has 2 aromatic carbocycles. The molecule has 1 aliphatic rings. The zero-order valence-corrected chi connectivity index (χ0v) is 21.9. The normalized spacial score (nSPS) is 12.5. The van der Waals surface area contributed by atoms with Gasteiger partial charge in [-0.25, -0.2) is 0 Å². The number of amides is 2. The van der Waals surface area contributed by atoms with Crippen LogP contribution in [0.15, 0.2) is 54.2 Å². The SMILES string of the molecule is CCc1ccc(C)cc1N(CC(=O)NCCNC(C)C)CC(=O)N(C)C=C1Cc2ccccc2C1. The van der Waals surface area contributed by atoms with E-state index in [9.17, 15) is 9.59 Å². The van der Waals surface area contributed by atoms with E-state index in [0.717, 1.165) is 36.1 Å². The lowest BCUT2D eigenvalue weighted by molar-refractivity contribution is -0.126. The Bertz CT molecular complexity index is 1030. The van der Waals surface area contributed by atoms with Crippen LogP contribution in [-0.4, -0.2) is 56.0 Å². The summed E-state index contributed by atoms with van der Waals surface area (Å²) in [4.78, 5) is 29.7. The fourth-order valence-electron chi connectivity index (χ4n) is 4.45. The number of fused-ring (bicyclic) bond motifs is 1. The number of allylic oxidation sites excluding steroid dienone is 1. The molecular formula is C29H40N4O2. The van der Waals surface area contributed by atoms with E-state index in [2.05, 4.69) is 73.9 Å². The van der Waals surface area contributed by atoms with Crippen molar-refractivity contribution in [3.63, 3.8) is 0 Å². The number of nitrogens with zero attached hydrogens (tertiary/aromatic N) is 2. The van der Waals surface area contributed by atoms with Crippen molar-refractivity contribution in [3.8, 4) is 0 Å². The molecule has 0 unspecified atom stereocenters. The second kappa shape index (κ2) is 12.5. The van der Waals surface area contributed by atoms with Crippen molar-refractivity contribution in [3.05, 3.63) is 76.5 Å². The Kier molecular flexibility index (Phi) is 9.49. The lowest BCUT2D eigenvalue weighted by Crippen LogP contribution is -2.44. The van der Waals surface area contributed by atoms with E-state index in [1.807, 2.05) is 25.1 Å². The van der Waals surface area contributed by atoms with Crippen LogP contribution in [0.1, 0.15) is 43.0 Å². The number of benzene rings is 2. The molecule has 0 saturated heterocycles. The summed E-state index contributed by atoms with van der Waals surface area (Å²) in [5, 5.41) is 6.29. The highest BCUT2D eigenvalue weighted by Gasteiger charge is 2.21. The maximum Gasteiger partial charge on any atom is 0.245 e. The zero-order valence-electron chi connectivity index (χ0n) is 21.9. The van der Waals surface area contributed by atoms with Gasteiger partial charge in [0.2, 0.25) is 11.8 Å². The molecule has 0 saturated carbocycles. The molecule has 1 aliphatic carbocycles. The molecule has 0 aliphatic heterocycles. The van der Waals surface area contributed by atoms with Crippen molar-refractivity contribution >= 4 is 17.5 Å². The van der Waals surface area contributed by atoms with E-state index in [1.54, 1.807) is 4.90 Å². The molecule has 6 heteroatoms. The lowest BCUT2D eigenvalue weighted by atomic mass is 10.1. The van der Waals surface area contributed by atoms with Crippen molar-refractivity contribution < 1.29 is 9.59 Å². The van der Waals surface area contributed by atoms with Crippen molar-refractivity contribution in [1.29, 1.82) is 0 Å². The van der Waals surface area contributed by atoms with E-state index in [4.69, 9.17) is 0 Å². The van der Waals surface area contributed by atoms with E-state index >= 15 is 0 Å². The zero-order chi connectivity index (χ0) is 25.4. The molecule has 35 heavy (non-hydrogen) atoms. The Hall–Kier alpha value is -3.12. The molecule has 2 N–H and O–H groups in total. The largest absolute Gasteiger partial charge is 0.353 e. The molecule has 2 amide bonds. The Morgan fingerprint density at radius 2 is 1.71 bits per heavy atom. The summed E-state index contributed by atoms with van der Waals surface area (Å²) in [7, 11) is 1.81. The van der Waals surface area contributed by atoms with Gasteiger partial charge in [0, 0.05) is 38.1 Å². The van der Waals surface area contributed by atoms with Gasteiger partial charge in [0.05, 0.1) is 13.1 Å². The number of carbonyl (C=O) groups excluding carboxylic acids is 2. The first kappa shape index (κ1) is 26.5. The summed E-state index contributed by atoms with van der Waals surface area (Å²) < 4.78 is 0. The number of hydrogen-bond donors (Lipinski definition) is 2. The van der Waals surface area contributed by atoms with E-state index in [-0.39, 0.29) is 24.9 Å². The quantitative estimate of drug-likeness (QED) is 0.486. The number of carbonyl (C=O) groups is 2. The van der Waals surface area contributed by atoms with Gasteiger partial charge < -0.3 is 20.4 Å². The molecule has 0 fully saturated rings. The van der Waals surface area contributed by atoms with Crippen molar-refractivity contribution in [2.75, 3.05) is 38.1 Å². The Labute approximate surface area is 210 Å². The molecule has 6 nitrogen and oxygen atoms in total. The van der Waals surface area contributed by atoms with Crippen LogP contribution in [0.5, 0.6) is 0 Å². The average molecular weight is 477 g/mol. The average Bonchev–Trinajstić information content (AvgIpc) is 3.23. The minimum Gasteiger partial charge on any atom is -0.353 e. The second-order valence-electron chi connectivity index (χ2n) is 9.71. The van der Waals surface area contributed by atoms with E-state index in [1.165, 1.54) is 16.7 Å². The monoisotopic (exact) mass is 476 g/mol. The van der Waals surface area contributed by atoms with Crippen LogP contribution in [0, 0.1) is 6.92 Å². The standard InChI is InChI=1S/C29H40N4O2/c1-6-24-12-11-22(4)15-27(24)33(19-28(34)31-14-13-30-21(2)3)20-29(35)32(5)18-23-16-25-9-7-8-10-26(25)17-23/h7-12,15,18,21,30H,6,13-14,16-17,19-20H2,1-5H3,(H,31,34). The van der Waals surface area contributed by atoms with E-state index in [0.29, 0.717) is 19.1 Å². The molecule has 0 heterocycles. The van der Waals surface area contributed by atoms with Gasteiger partial charge in [0.15, 0.2) is 0 Å². The van der Waals surface area contributed by atoms with Crippen molar-refractivity contribution in [2.45, 2.75) is 53.0 Å². The van der Waals surface area contributed by atoms with Crippen LogP contribution < -0.4 is 15.5 Å². The number of hydrogen-bond acceptors (Lipinski definition) is 4. The maximum absolute atomic E-state index is 13.3. The van der Waals surface area contributed by atoms with Gasteiger partial charge >= 0.3 is 0 Å². The summed E-state index contributed by atoms with van der Waals surface area (Å²) in [6.07, 6.45) is 4.55. The highest BCUT2D eigenvalue weighted by molar-refractivity contribution is 5.87. The highest BCUT2D eigenvalue weighted by Crippen LogP contribution is 2.26. The Morgan fingerprint density at radius 3 is 2.34 bits per heavy atom. The first-order chi connectivity index (χ1) is 16.8. The van der Waals surface area contributed by atoms with Crippen LogP contribution in [0.3, 0.4) is 0 Å².